The summed E-state index contributed by atoms with van der Waals surface area (Å²) in [6, 6.07) is 5.69. The topological polar surface area (TPSA) is 34.5 Å². The van der Waals surface area contributed by atoms with E-state index in [1.807, 2.05) is 0 Å². The highest BCUT2D eigenvalue weighted by Crippen LogP contribution is 2.38. The first-order valence-corrected chi connectivity index (χ1v) is 6.66. The van der Waals surface area contributed by atoms with E-state index >= 15 is 0 Å². The van der Waals surface area contributed by atoms with Crippen LogP contribution >= 0.6 is 0 Å². The highest BCUT2D eigenvalue weighted by Gasteiger charge is 2.32. The monoisotopic (exact) mass is 306 g/mol. The van der Waals surface area contributed by atoms with Gasteiger partial charge in [0.05, 0.1) is 19.2 Å². The summed E-state index contributed by atoms with van der Waals surface area (Å²) in [6.07, 6.45) is -2.77. The van der Waals surface area contributed by atoms with Crippen molar-refractivity contribution in [3.8, 4) is 17.0 Å². The smallest absolute Gasteiger partial charge is 0.416 e. The molecule has 22 heavy (non-hydrogen) atoms. The molecule has 1 aromatic carbocycles. The van der Waals surface area contributed by atoms with Crippen LogP contribution in [-0.4, -0.2) is 18.3 Å². The molecule has 0 saturated heterocycles. The zero-order valence-corrected chi connectivity index (χ0v) is 12.0. The van der Waals surface area contributed by atoms with Crippen molar-refractivity contribution in [3.63, 3.8) is 0 Å². The predicted molar refractivity (Wildman–Crippen MR) is 77.3 cm³/mol. The molecule has 0 fully saturated rings. The number of methoxy groups -OCH3 is 1. The van der Waals surface area contributed by atoms with Crippen LogP contribution in [-0.2, 0) is 12.7 Å². The van der Waals surface area contributed by atoms with Crippen LogP contribution in [0.25, 0.3) is 11.1 Å². The zero-order chi connectivity index (χ0) is 15.9. The van der Waals surface area contributed by atoms with Gasteiger partial charge in [-0.2, -0.15) is 13.2 Å². The number of pyridine rings is 1. The van der Waals surface area contributed by atoms with Crippen LogP contribution in [0.15, 0.2) is 29.3 Å². The van der Waals surface area contributed by atoms with Crippen molar-refractivity contribution in [3.05, 3.63) is 46.6 Å². The quantitative estimate of drug-likeness (QED) is 0.840. The van der Waals surface area contributed by atoms with Crippen molar-refractivity contribution >= 4 is 6.21 Å². The van der Waals surface area contributed by atoms with Crippen molar-refractivity contribution in [2.24, 2.45) is 4.99 Å². The summed E-state index contributed by atoms with van der Waals surface area (Å²) in [4.78, 5) is 8.32. The van der Waals surface area contributed by atoms with E-state index in [0.29, 0.717) is 28.3 Å². The maximum Gasteiger partial charge on any atom is 0.416 e. The molecule has 0 atom stereocenters. The van der Waals surface area contributed by atoms with Crippen LogP contribution in [0.2, 0.25) is 0 Å². The molecule has 0 saturated carbocycles. The van der Waals surface area contributed by atoms with Gasteiger partial charge in [-0.25, -0.2) is 4.98 Å². The predicted octanol–water partition coefficient (Wildman–Crippen LogP) is 4.02. The third-order valence-corrected chi connectivity index (χ3v) is 3.63. The van der Waals surface area contributed by atoms with Crippen LogP contribution in [0.5, 0.6) is 5.88 Å². The number of aryl methyl sites for hydroxylation is 1. The Kier molecular flexibility index (Phi) is 3.39. The molecule has 0 spiro atoms. The molecule has 2 heterocycles. The van der Waals surface area contributed by atoms with Gasteiger partial charge in [0, 0.05) is 29.1 Å². The Hall–Kier alpha value is -2.37. The summed E-state index contributed by atoms with van der Waals surface area (Å²) in [5.41, 5.74) is 2.40. The molecule has 2 aromatic rings. The van der Waals surface area contributed by atoms with E-state index in [1.165, 1.54) is 7.11 Å². The van der Waals surface area contributed by atoms with Gasteiger partial charge in [-0.1, -0.05) is 0 Å². The van der Waals surface area contributed by atoms with Gasteiger partial charge in [-0.05, 0) is 36.2 Å². The van der Waals surface area contributed by atoms with Crippen LogP contribution < -0.4 is 4.74 Å². The minimum absolute atomic E-state index is 0.273. The second-order valence-electron chi connectivity index (χ2n) is 5.05. The average Bonchev–Trinajstić information content (AvgIpc) is 2.93. The Morgan fingerprint density at radius 2 is 1.91 bits per heavy atom. The van der Waals surface area contributed by atoms with Crippen molar-refractivity contribution < 1.29 is 17.9 Å². The summed E-state index contributed by atoms with van der Waals surface area (Å²) in [5, 5.41) is 0. The van der Waals surface area contributed by atoms with Gasteiger partial charge in [0.1, 0.15) is 0 Å². The molecule has 0 aliphatic carbocycles. The highest BCUT2D eigenvalue weighted by atomic mass is 19.4. The Bertz CT molecular complexity index is 767. The fourth-order valence-corrected chi connectivity index (χ4v) is 2.55. The van der Waals surface area contributed by atoms with Gasteiger partial charge >= 0.3 is 6.18 Å². The number of fused-ring (bicyclic) bond motifs is 1. The molecule has 6 heteroatoms. The lowest BCUT2D eigenvalue weighted by Gasteiger charge is -2.15. The fourth-order valence-electron chi connectivity index (χ4n) is 2.55. The molecule has 0 radical (unpaired) electrons. The Morgan fingerprint density at radius 1 is 1.14 bits per heavy atom. The zero-order valence-electron chi connectivity index (χ0n) is 12.0. The lowest BCUT2D eigenvalue weighted by Crippen LogP contribution is -2.07. The van der Waals surface area contributed by atoms with Crippen LogP contribution in [0.4, 0.5) is 13.2 Å². The van der Waals surface area contributed by atoms with Crippen LogP contribution in [0, 0.1) is 6.92 Å². The molecule has 0 bridgehead atoms. The van der Waals surface area contributed by atoms with E-state index < -0.39 is 11.7 Å². The van der Waals surface area contributed by atoms with Crippen molar-refractivity contribution in [1.82, 2.24) is 4.98 Å². The fraction of sp³-hybridized carbons (Fsp3) is 0.250. The second-order valence-corrected chi connectivity index (χ2v) is 5.05. The number of rotatable bonds is 2. The molecule has 0 N–H and O–H groups in total. The molecule has 1 aliphatic heterocycles. The highest BCUT2D eigenvalue weighted by molar-refractivity contribution is 5.94. The SMILES string of the molecule is COc1ccc(-c2cc(C(F)(F)F)cc3c2C=NC3)c(C)n1. The van der Waals surface area contributed by atoms with E-state index in [1.54, 1.807) is 25.3 Å². The third-order valence-electron chi connectivity index (χ3n) is 3.63. The Balaban J connectivity index is 2.22. The Labute approximate surface area is 125 Å². The summed E-state index contributed by atoms with van der Waals surface area (Å²) in [7, 11) is 1.50. The second kappa shape index (κ2) is 5.12. The summed E-state index contributed by atoms with van der Waals surface area (Å²) >= 11 is 0. The number of alkyl halides is 3. The largest absolute Gasteiger partial charge is 0.481 e. The first-order chi connectivity index (χ1) is 10.4. The lowest BCUT2D eigenvalue weighted by atomic mass is 9.93. The standard InChI is InChI=1S/C16H13F3N2O/c1-9-12(3-4-15(21-9)22-2)13-6-11(16(17,18)19)5-10-7-20-8-14(10)13/h3-6,8H,7H2,1-2H3. The van der Waals surface area contributed by atoms with Crippen LogP contribution in [0.3, 0.4) is 0 Å². The molecular formula is C16H13F3N2O. The number of aliphatic imine (C=N–C) groups is 1. The summed E-state index contributed by atoms with van der Waals surface area (Å²) in [5.74, 6) is 0.429. The first kappa shape index (κ1) is 14.6. The average molecular weight is 306 g/mol. The van der Waals surface area contributed by atoms with Crippen molar-refractivity contribution in [2.75, 3.05) is 7.11 Å². The molecule has 3 rings (SSSR count). The number of halogens is 3. The molecule has 1 aliphatic rings. The van der Waals surface area contributed by atoms with Gasteiger partial charge < -0.3 is 4.74 Å². The molecule has 0 unspecified atom stereocenters. The number of aromatic nitrogens is 1. The number of hydrogen-bond acceptors (Lipinski definition) is 3. The van der Waals surface area contributed by atoms with E-state index in [-0.39, 0.29) is 6.54 Å². The number of nitrogens with zero attached hydrogens (tertiary/aromatic N) is 2. The van der Waals surface area contributed by atoms with E-state index in [9.17, 15) is 13.2 Å². The first-order valence-electron chi connectivity index (χ1n) is 6.66. The van der Waals surface area contributed by atoms with E-state index in [2.05, 4.69) is 9.98 Å². The maximum atomic E-state index is 13.1. The minimum atomic E-state index is -4.39. The normalized spacial score (nSPS) is 13.3. The summed E-state index contributed by atoms with van der Waals surface area (Å²) in [6.45, 7) is 2.02. The molecule has 114 valence electrons. The van der Waals surface area contributed by atoms with Gasteiger partial charge in [-0.15, -0.1) is 0 Å². The molecule has 0 amide bonds. The van der Waals surface area contributed by atoms with Crippen molar-refractivity contribution in [1.29, 1.82) is 0 Å². The summed E-state index contributed by atoms with van der Waals surface area (Å²) < 4.78 is 44.3. The number of benzene rings is 1. The minimum Gasteiger partial charge on any atom is -0.481 e. The number of ether oxygens (including phenoxy) is 1. The Morgan fingerprint density at radius 3 is 2.55 bits per heavy atom. The molecule has 3 nitrogen and oxygen atoms in total. The van der Waals surface area contributed by atoms with E-state index in [0.717, 1.165) is 17.7 Å². The van der Waals surface area contributed by atoms with Crippen molar-refractivity contribution in [2.45, 2.75) is 19.6 Å². The van der Waals surface area contributed by atoms with Gasteiger partial charge in [0.15, 0.2) is 0 Å². The van der Waals surface area contributed by atoms with E-state index in [4.69, 9.17) is 4.74 Å². The number of hydrogen-bond donors (Lipinski definition) is 0. The lowest BCUT2D eigenvalue weighted by molar-refractivity contribution is -0.137. The third kappa shape index (κ3) is 2.45. The van der Waals surface area contributed by atoms with Gasteiger partial charge in [0.2, 0.25) is 5.88 Å². The maximum absolute atomic E-state index is 13.1. The van der Waals surface area contributed by atoms with Crippen LogP contribution in [0.1, 0.15) is 22.4 Å². The molecular weight excluding hydrogens is 293 g/mol. The van der Waals surface area contributed by atoms with Gasteiger partial charge in [-0.3, -0.25) is 4.99 Å². The van der Waals surface area contributed by atoms with Gasteiger partial charge in [0.25, 0.3) is 0 Å². The molecule has 1 aromatic heterocycles.